The number of nitrogens with one attached hydrogen (secondary N) is 2. The average Bonchev–Trinajstić information content (AvgIpc) is 2.79. The molecule has 0 aromatic rings. The van der Waals surface area contributed by atoms with Crippen LogP contribution in [0.1, 0.15) is 45.4 Å². The first-order valence-corrected chi connectivity index (χ1v) is 7.33. The van der Waals surface area contributed by atoms with Crippen LogP contribution in [0.25, 0.3) is 0 Å². The normalized spacial score (nSPS) is 57.4. The Morgan fingerprint density at radius 2 is 1.94 bits per heavy atom. The summed E-state index contributed by atoms with van der Waals surface area (Å²) in [6.45, 7) is 4.53. The van der Waals surface area contributed by atoms with Crippen LogP contribution in [0.5, 0.6) is 0 Å². The van der Waals surface area contributed by atoms with Crippen molar-refractivity contribution in [2.75, 3.05) is 13.2 Å². The fourth-order valence-electron chi connectivity index (χ4n) is 4.77. The van der Waals surface area contributed by atoms with Crippen molar-refractivity contribution in [1.82, 2.24) is 10.6 Å². The summed E-state index contributed by atoms with van der Waals surface area (Å²) in [5, 5.41) is 7.49. The van der Waals surface area contributed by atoms with Gasteiger partial charge in [-0.15, -0.1) is 0 Å². The van der Waals surface area contributed by atoms with Crippen LogP contribution in [-0.4, -0.2) is 30.5 Å². The zero-order valence-electron chi connectivity index (χ0n) is 10.8. The predicted octanol–water partition coefficient (Wildman–Crippen LogP) is 1.63. The molecule has 4 rings (SSSR count). The molecule has 4 fully saturated rings. The van der Waals surface area contributed by atoms with Crippen LogP contribution in [-0.2, 0) is 4.74 Å². The quantitative estimate of drug-likeness (QED) is 0.726. The first-order chi connectivity index (χ1) is 8.19. The maximum atomic E-state index is 6.03. The number of ether oxygens (including phenoxy) is 1. The molecule has 2 aliphatic carbocycles. The van der Waals surface area contributed by atoms with Gasteiger partial charge in [0.25, 0.3) is 0 Å². The molecule has 2 saturated heterocycles. The molecule has 0 bridgehead atoms. The monoisotopic (exact) mass is 236 g/mol. The lowest BCUT2D eigenvalue weighted by Gasteiger charge is -2.49. The lowest BCUT2D eigenvalue weighted by Crippen LogP contribution is -2.60. The Hall–Kier alpha value is -0.120. The van der Waals surface area contributed by atoms with Crippen LogP contribution in [0.15, 0.2) is 0 Å². The van der Waals surface area contributed by atoms with Gasteiger partial charge >= 0.3 is 0 Å². The molecule has 3 nitrogen and oxygen atoms in total. The van der Waals surface area contributed by atoms with Gasteiger partial charge in [-0.3, -0.25) is 5.32 Å². The van der Waals surface area contributed by atoms with Crippen LogP contribution < -0.4 is 10.6 Å². The lowest BCUT2D eigenvalue weighted by molar-refractivity contribution is -0.0227. The van der Waals surface area contributed by atoms with E-state index in [1.54, 1.807) is 0 Å². The van der Waals surface area contributed by atoms with Crippen molar-refractivity contribution < 1.29 is 4.74 Å². The van der Waals surface area contributed by atoms with Gasteiger partial charge in [0.05, 0.1) is 6.61 Å². The molecule has 0 aromatic carbocycles. The molecule has 0 amide bonds. The molecule has 1 unspecified atom stereocenters. The minimum atomic E-state index is 0.357. The van der Waals surface area contributed by atoms with Crippen LogP contribution >= 0.6 is 0 Å². The van der Waals surface area contributed by atoms with Gasteiger partial charge in [-0.25, -0.2) is 0 Å². The minimum absolute atomic E-state index is 0.357. The number of hydrogen-bond donors (Lipinski definition) is 2. The third-order valence-electron chi connectivity index (χ3n) is 5.53. The fraction of sp³-hybridized carbons (Fsp3) is 1.00. The highest BCUT2D eigenvalue weighted by Gasteiger charge is 2.54. The zero-order valence-corrected chi connectivity index (χ0v) is 10.8. The van der Waals surface area contributed by atoms with Gasteiger partial charge in [-0.2, -0.15) is 0 Å². The Morgan fingerprint density at radius 3 is 2.59 bits per heavy atom. The molecule has 1 atom stereocenters. The van der Waals surface area contributed by atoms with Crippen LogP contribution in [0, 0.1) is 11.8 Å². The SMILES string of the molecule is CC1CC2(COC(C3CC4(CCCN4)C3)N2)C1. The minimum Gasteiger partial charge on any atom is -0.361 e. The van der Waals surface area contributed by atoms with Crippen molar-refractivity contribution in [3.05, 3.63) is 0 Å². The maximum absolute atomic E-state index is 6.03. The van der Waals surface area contributed by atoms with Crippen molar-refractivity contribution in [3.8, 4) is 0 Å². The Labute approximate surface area is 104 Å². The highest BCUT2D eigenvalue weighted by Crippen LogP contribution is 2.49. The summed E-state index contributed by atoms with van der Waals surface area (Å²) in [6.07, 6.45) is 8.41. The van der Waals surface area contributed by atoms with Crippen molar-refractivity contribution in [3.63, 3.8) is 0 Å². The molecule has 3 heteroatoms. The number of rotatable bonds is 1. The fourth-order valence-corrected chi connectivity index (χ4v) is 4.77. The van der Waals surface area contributed by atoms with E-state index in [0.29, 0.717) is 17.3 Å². The molecule has 96 valence electrons. The van der Waals surface area contributed by atoms with Crippen LogP contribution in [0.2, 0.25) is 0 Å². The molecule has 4 aliphatic rings. The Morgan fingerprint density at radius 1 is 1.12 bits per heavy atom. The van der Waals surface area contributed by atoms with Crippen molar-refractivity contribution in [1.29, 1.82) is 0 Å². The van der Waals surface area contributed by atoms with E-state index in [-0.39, 0.29) is 0 Å². The van der Waals surface area contributed by atoms with E-state index in [9.17, 15) is 0 Å². The van der Waals surface area contributed by atoms with E-state index in [1.165, 1.54) is 45.1 Å². The van der Waals surface area contributed by atoms with E-state index < -0.39 is 0 Å². The second kappa shape index (κ2) is 3.46. The highest BCUT2D eigenvalue weighted by atomic mass is 16.5. The van der Waals surface area contributed by atoms with Crippen LogP contribution in [0.3, 0.4) is 0 Å². The van der Waals surface area contributed by atoms with Gasteiger partial charge in [0, 0.05) is 17.0 Å². The third-order valence-corrected chi connectivity index (χ3v) is 5.53. The maximum Gasteiger partial charge on any atom is 0.111 e. The molecule has 2 saturated carbocycles. The Kier molecular flexibility index (Phi) is 2.19. The van der Waals surface area contributed by atoms with Gasteiger partial charge < -0.3 is 10.1 Å². The molecular weight excluding hydrogens is 212 g/mol. The second-order valence-corrected chi connectivity index (χ2v) is 7.15. The Balaban J connectivity index is 1.34. The summed E-state index contributed by atoms with van der Waals surface area (Å²) in [4.78, 5) is 0. The third kappa shape index (κ3) is 1.59. The standard InChI is InChI=1S/C14H24N2O/c1-10-5-14(6-10)9-17-12(16-14)11-7-13(8-11)3-2-4-15-13/h10-12,15-16H,2-9H2,1H3. The van der Waals surface area contributed by atoms with Gasteiger partial charge in [0.1, 0.15) is 6.23 Å². The molecule has 0 aromatic heterocycles. The smallest absolute Gasteiger partial charge is 0.111 e. The van der Waals surface area contributed by atoms with E-state index in [2.05, 4.69) is 17.6 Å². The molecule has 2 spiro atoms. The molecule has 0 radical (unpaired) electrons. The van der Waals surface area contributed by atoms with E-state index in [0.717, 1.165) is 18.4 Å². The van der Waals surface area contributed by atoms with E-state index in [4.69, 9.17) is 4.74 Å². The first-order valence-electron chi connectivity index (χ1n) is 7.33. The summed E-state index contributed by atoms with van der Waals surface area (Å²) < 4.78 is 6.03. The van der Waals surface area contributed by atoms with Gasteiger partial charge in [-0.05, 0) is 51.0 Å². The van der Waals surface area contributed by atoms with Gasteiger partial charge in [0.15, 0.2) is 0 Å². The van der Waals surface area contributed by atoms with Gasteiger partial charge in [-0.1, -0.05) is 6.92 Å². The zero-order chi connectivity index (χ0) is 11.5. The number of hydrogen-bond acceptors (Lipinski definition) is 3. The first kappa shape index (κ1) is 10.8. The Bertz CT molecular complexity index is 310. The molecule has 2 heterocycles. The summed E-state index contributed by atoms with van der Waals surface area (Å²) in [6, 6.07) is 0. The van der Waals surface area contributed by atoms with Gasteiger partial charge in [0.2, 0.25) is 0 Å². The predicted molar refractivity (Wildman–Crippen MR) is 66.7 cm³/mol. The summed E-state index contributed by atoms with van der Waals surface area (Å²) in [5.41, 5.74) is 0.883. The summed E-state index contributed by atoms with van der Waals surface area (Å²) in [7, 11) is 0. The lowest BCUT2D eigenvalue weighted by atomic mass is 9.66. The topological polar surface area (TPSA) is 33.3 Å². The largest absolute Gasteiger partial charge is 0.361 e. The van der Waals surface area contributed by atoms with E-state index >= 15 is 0 Å². The van der Waals surface area contributed by atoms with Crippen molar-refractivity contribution >= 4 is 0 Å². The van der Waals surface area contributed by atoms with Crippen molar-refractivity contribution in [2.24, 2.45) is 11.8 Å². The highest BCUT2D eigenvalue weighted by molar-refractivity contribution is 5.10. The average molecular weight is 236 g/mol. The summed E-state index contributed by atoms with van der Waals surface area (Å²) >= 11 is 0. The molecule has 2 aliphatic heterocycles. The molecule has 17 heavy (non-hydrogen) atoms. The molecular formula is C14H24N2O. The van der Waals surface area contributed by atoms with Crippen molar-refractivity contribution in [2.45, 2.75) is 62.8 Å². The second-order valence-electron chi connectivity index (χ2n) is 7.15. The molecule has 2 N–H and O–H groups in total. The van der Waals surface area contributed by atoms with Crippen LogP contribution in [0.4, 0.5) is 0 Å². The van der Waals surface area contributed by atoms with E-state index in [1.807, 2.05) is 0 Å². The summed E-state index contributed by atoms with van der Waals surface area (Å²) in [5.74, 6) is 1.66.